The molecule has 1 aromatic heterocycles. The molecule has 2 aromatic rings. The van der Waals surface area contributed by atoms with Gasteiger partial charge in [0, 0.05) is 32.3 Å². The Morgan fingerprint density at radius 2 is 1.80 bits per heavy atom. The minimum Gasteiger partial charge on any atom is -0.314 e. The Bertz CT molecular complexity index is 534. The molecule has 0 aliphatic carbocycles. The summed E-state index contributed by atoms with van der Waals surface area (Å²) in [4.78, 5) is 1.42. The molecule has 1 heterocycles. The van der Waals surface area contributed by atoms with Crippen molar-refractivity contribution >= 4 is 43.2 Å². The molecule has 20 heavy (non-hydrogen) atoms. The highest BCUT2D eigenvalue weighted by Crippen LogP contribution is 2.29. The predicted molar refractivity (Wildman–Crippen MR) is 95.7 cm³/mol. The summed E-state index contributed by atoms with van der Waals surface area (Å²) in [5, 5.41) is 5.71. The van der Waals surface area contributed by atoms with E-state index in [2.05, 4.69) is 86.7 Å². The predicted octanol–water partition coefficient (Wildman–Crippen LogP) is 5.60. The standard InChI is InChI=1S/C16H19Br2NS/c1-11(2)19-10-13(9-16-15(18)7-8-20-16)12-3-5-14(17)6-4-12/h3-8,11,13,19H,9-10H2,1-2H3. The van der Waals surface area contributed by atoms with Gasteiger partial charge in [-0.3, -0.25) is 0 Å². The fraction of sp³-hybridized carbons (Fsp3) is 0.375. The summed E-state index contributed by atoms with van der Waals surface area (Å²) in [6, 6.07) is 11.3. The van der Waals surface area contributed by atoms with E-state index in [1.54, 1.807) is 0 Å². The van der Waals surface area contributed by atoms with Gasteiger partial charge in [0.2, 0.25) is 0 Å². The first-order valence-electron chi connectivity index (χ1n) is 6.77. The molecule has 0 fully saturated rings. The van der Waals surface area contributed by atoms with Gasteiger partial charge in [-0.05, 0) is 51.5 Å². The summed E-state index contributed by atoms with van der Waals surface area (Å²) in [5.41, 5.74) is 1.39. The van der Waals surface area contributed by atoms with Crippen molar-refractivity contribution in [1.82, 2.24) is 5.32 Å². The quantitative estimate of drug-likeness (QED) is 0.646. The number of rotatable bonds is 6. The van der Waals surface area contributed by atoms with Crippen molar-refractivity contribution < 1.29 is 0 Å². The summed E-state index contributed by atoms with van der Waals surface area (Å²) < 4.78 is 2.36. The molecular formula is C16H19Br2NS. The number of thiophene rings is 1. The summed E-state index contributed by atoms with van der Waals surface area (Å²) in [5.74, 6) is 0.500. The van der Waals surface area contributed by atoms with Crippen LogP contribution in [0.3, 0.4) is 0 Å². The van der Waals surface area contributed by atoms with Crippen LogP contribution in [0.2, 0.25) is 0 Å². The average molecular weight is 417 g/mol. The third-order valence-electron chi connectivity index (χ3n) is 3.24. The van der Waals surface area contributed by atoms with Crippen LogP contribution in [0.5, 0.6) is 0 Å². The van der Waals surface area contributed by atoms with Crippen molar-refractivity contribution in [1.29, 1.82) is 0 Å². The lowest BCUT2D eigenvalue weighted by Gasteiger charge is -2.19. The molecule has 108 valence electrons. The lowest BCUT2D eigenvalue weighted by molar-refractivity contribution is 0.528. The molecule has 2 rings (SSSR count). The molecule has 4 heteroatoms. The zero-order valence-corrected chi connectivity index (χ0v) is 15.7. The fourth-order valence-electron chi connectivity index (χ4n) is 2.12. The second kappa shape index (κ2) is 7.74. The lowest BCUT2D eigenvalue weighted by Crippen LogP contribution is -2.28. The number of halogens is 2. The maximum Gasteiger partial charge on any atom is 0.0314 e. The molecule has 1 aromatic carbocycles. The van der Waals surface area contributed by atoms with Crippen LogP contribution in [-0.2, 0) is 6.42 Å². The molecule has 1 nitrogen and oxygen atoms in total. The smallest absolute Gasteiger partial charge is 0.0314 e. The Hall–Kier alpha value is -0.160. The van der Waals surface area contributed by atoms with Crippen molar-refractivity contribution in [3.8, 4) is 0 Å². The molecule has 1 atom stereocenters. The minimum absolute atomic E-state index is 0.500. The molecule has 0 bridgehead atoms. The lowest BCUT2D eigenvalue weighted by atomic mass is 9.94. The second-order valence-corrected chi connectivity index (χ2v) is 7.98. The van der Waals surface area contributed by atoms with Gasteiger partial charge in [-0.25, -0.2) is 0 Å². The Balaban J connectivity index is 2.15. The maximum absolute atomic E-state index is 3.64. The maximum atomic E-state index is 3.64. The van der Waals surface area contributed by atoms with Gasteiger partial charge in [-0.2, -0.15) is 0 Å². The molecule has 0 aliphatic heterocycles. The van der Waals surface area contributed by atoms with Crippen molar-refractivity contribution in [3.05, 3.63) is 55.1 Å². The Morgan fingerprint density at radius 3 is 2.35 bits per heavy atom. The summed E-state index contributed by atoms with van der Waals surface area (Å²) in [6.45, 7) is 5.39. The topological polar surface area (TPSA) is 12.0 Å². The molecule has 0 aliphatic rings. The van der Waals surface area contributed by atoms with Gasteiger partial charge in [0.15, 0.2) is 0 Å². The Morgan fingerprint density at radius 1 is 1.10 bits per heavy atom. The van der Waals surface area contributed by atoms with E-state index < -0.39 is 0 Å². The van der Waals surface area contributed by atoms with Crippen LogP contribution in [0.25, 0.3) is 0 Å². The SMILES string of the molecule is CC(C)NCC(Cc1sccc1Br)c1ccc(Br)cc1. The van der Waals surface area contributed by atoms with E-state index in [0.717, 1.165) is 17.4 Å². The number of hydrogen-bond donors (Lipinski definition) is 1. The normalized spacial score (nSPS) is 12.8. The monoisotopic (exact) mass is 415 g/mol. The van der Waals surface area contributed by atoms with E-state index in [1.165, 1.54) is 14.9 Å². The molecule has 0 saturated carbocycles. The number of hydrogen-bond acceptors (Lipinski definition) is 2. The first-order chi connectivity index (χ1) is 9.56. The third kappa shape index (κ3) is 4.69. The van der Waals surface area contributed by atoms with Crippen LogP contribution in [0.4, 0.5) is 0 Å². The van der Waals surface area contributed by atoms with E-state index in [1.807, 2.05) is 11.3 Å². The van der Waals surface area contributed by atoms with Crippen molar-refractivity contribution in [2.24, 2.45) is 0 Å². The zero-order chi connectivity index (χ0) is 14.5. The van der Waals surface area contributed by atoms with Crippen LogP contribution >= 0.6 is 43.2 Å². The first kappa shape index (κ1) is 16.2. The molecule has 0 spiro atoms. The van der Waals surface area contributed by atoms with Crippen molar-refractivity contribution in [3.63, 3.8) is 0 Å². The van der Waals surface area contributed by atoms with Crippen LogP contribution < -0.4 is 5.32 Å². The van der Waals surface area contributed by atoms with Crippen LogP contribution in [0, 0.1) is 0 Å². The van der Waals surface area contributed by atoms with E-state index in [-0.39, 0.29) is 0 Å². The summed E-state index contributed by atoms with van der Waals surface area (Å²) in [7, 11) is 0. The van der Waals surface area contributed by atoms with Gasteiger partial charge >= 0.3 is 0 Å². The van der Waals surface area contributed by atoms with Gasteiger partial charge < -0.3 is 5.32 Å². The number of benzene rings is 1. The molecular weight excluding hydrogens is 398 g/mol. The highest BCUT2D eigenvalue weighted by atomic mass is 79.9. The van der Waals surface area contributed by atoms with Gasteiger partial charge in [0.05, 0.1) is 0 Å². The van der Waals surface area contributed by atoms with Gasteiger partial charge in [0.25, 0.3) is 0 Å². The Labute approximate surface area is 142 Å². The zero-order valence-electron chi connectivity index (χ0n) is 11.7. The van der Waals surface area contributed by atoms with Crippen molar-refractivity contribution in [2.45, 2.75) is 32.2 Å². The molecule has 0 radical (unpaired) electrons. The van der Waals surface area contributed by atoms with Gasteiger partial charge in [0.1, 0.15) is 0 Å². The van der Waals surface area contributed by atoms with Crippen LogP contribution in [-0.4, -0.2) is 12.6 Å². The molecule has 0 amide bonds. The van der Waals surface area contributed by atoms with Crippen LogP contribution in [0.15, 0.2) is 44.7 Å². The van der Waals surface area contributed by atoms with Crippen molar-refractivity contribution in [2.75, 3.05) is 6.54 Å². The van der Waals surface area contributed by atoms with E-state index in [4.69, 9.17) is 0 Å². The first-order valence-corrected chi connectivity index (χ1v) is 9.23. The number of nitrogens with one attached hydrogen (secondary N) is 1. The molecule has 1 unspecified atom stereocenters. The van der Waals surface area contributed by atoms with Gasteiger partial charge in [-0.15, -0.1) is 11.3 Å². The largest absolute Gasteiger partial charge is 0.314 e. The fourth-order valence-corrected chi connectivity index (χ4v) is 3.98. The minimum atomic E-state index is 0.500. The van der Waals surface area contributed by atoms with Crippen LogP contribution in [0.1, 0.15) is 30.2 Å². The van der Waals surface area contributed by atoms with E-state index >= 15 is 0 Å². The average Bonchev–Trinajstić information content (AvgIpc) is 2.81. The molecule has 0 saturated heterocycles. The summed E-state index contributed by atoms with van der Waals surface area (Å²) >= 11 is 8.98. The van der Waals surface area contributed by atoms with E-state index in [0.29, 0.717) is 12.0 Å². The Kier molecular flexibility index (Phi) is 6.27. The summed E-state index contributed by atoms with van der Waals surface area (Å²) in [6.07, 6.45) is 1.07. The van der Waals surface area contributed by atoms with Gasteiger partial charge in [-0.1, -0.05) is 41.9 Å². The third-order valence-corrected chi connectivity index (χ3v) is 5.71. The van der Waals surface area contributed by atoms with E-state index in [9.17, 15) is 0 Å². The molecule has 1 N–H and O–H groups in total. The highest BCUT2D eigenvalue weighted by Gasteiger charge is 2.15. The second-order valence-electron chi connectivity index (χ2n) is 5.21. The highest BCUT2D eigenvalue weighted by molar-refractivity contribution is 9.10.